The molecule has 0 unspecified atom stereocenters. The summed E-state index contributed by atoms with van der Waals surface area (Å²) in [5, 5.41) is 3.96. The van der Waals surface area contributed by atoms with Crippen molar-refractivity contribution in [2.45, 2.75) is 65.6 Å². The van der Waals surface area contributed by atoms with Gasteiger partial charge in [0.2, 0.25) is 0 Å². The highest BCUT2D eigenvalue weighted by molar-refractivity contribution is 4.98. The molecule has 0 radical (unpaired) electrons. The Morgan fingerprint density at radius 1 is 1.38 bits per heavy atom. The zero-order chi connectivity index (χ0) is 12.6. The monoisotopic (exact) mass is 224 g/mol. The third-order valence-electron chi connectivity index (χ3n) is 3.47. The molecule has 4 heteroatoms. The van der Waals surface area contributed by atoms with Crippen molar-refractivity contribution >= 4 is 0 Å². The zero-order valence-electron chi connectivity index (χ0n) is 11.4. The van der Waals surface area contributed by atoms with E-state index in [9.17, 15) is 0 Å². The molecule has 0 saturated carbocycles. The van der Waals surface area contributed by atoms with Crippen LogP contribution in [0, 0.1) is 5.41 Å². The molecule has 16 heavy (non-hydrogen) atoms. The van der Waals surface area contributed by atoms with Crippen LogP contribution in [-0.4, -0.2) is 29.1 Å². The minimum absolute atomic E-state index is 0.0907. The number of hydrogen-bond acceptors (Lipinski definition) is 2. The average Bonchev–Trinajstić information content (AvgIpc) is 2.09. The van der Waals surface area contributed by atoms with Crippen molar-refractivity contribution in [2.24, 2.45) is 10.5 Å². The Hall–Kier alpha value is -0.730. The molecule has 0 N–H and O–H groups in total. The summed E-state index contributed by atoms with van der Waals surface area (Å²) in [6.45, 7) is 14.4. The average molecular weight is 224 g/mol. The molecule has 1 aliphatic heterocycles. The maximum atomic E-state index is 8.64. The maximum absolute atomic E-state index is 8.64. The van der Waals surface area contributed by atoms with E-state index in [-0.39, 0.29) is 17.0 Å². The van der Waals surface area contributed by atoms with Gasteiger partial charge < -0.3 is 0 Å². The second kappa shape index (κ2) is 4.27. The number of rotatable bonds is 1. The van der Waals surface area contributed by atoms with Gasteiger partial charge in [-0.25, -0.2) is 0 Å². The Labute approximate surface area is 98.6 Å². The van der Waals surface area contributed by atoms with Crippen LogP contribution in [0.25, 0.3) is 10.4 Å². The van der Waals surface area contributed by atoms with E-state index in [0.717, 1.165) is 13.0 Å². The number of piperidine rings is 1. The van der Waals surface area contributed by atoms with Crippen molar-refractivity contribution < 1.29 is 0 Å². The van der Waals surface area contributed by atoms with Crippen LogP contribution in [0.1, 0.15) is 48.0 Å². The summed E-state index contributed by atoms with van der Waals surface area (Å²) in [5.41, 5.74) is 8.98. The van der Waals surface area contributed by atoms with E-state index in [4.69, 9.17) is 5.53 Å². The van der Waals surface area contributed by atoms with Crippen molar-refractivity contribution in [3.63, 3.8) is 0 Å². The highest BCUT2D eigenvalue weighted by Crippen LogP contribution is 2.37. The van der Waals surface area contributed by atoms with E-state index in [1.807, 2.05) is 0 Å². The maximum Gasteiger partial charge on any atom is 0.0532 e. The van der Waals surface area contributed by atoms with Crippen molar-refractivity contribution in [2.75, 3.05) is 6.54 Å². The molecule has 1 saturated heterocycles. The molecule has 92 valence electrons. The Bertz CT molecular complexity index is 297. The first kappa shape index (κ1) is 13.3. The van der Waals surface area contributed by atoms with Crippen LogP contribution in [0.3, 0.4) is 0 Å². The molecule has 0 aromatic carbocycles. The summed E-state index contributed by atoms with van der Waals surface area (Å²) >= 11 is 0. The van der Waals surface area contributed by atoms with E-state index < -0.39 is 0 Å². The second-order valence-electron chi connectivity index (χ2n) is 6.68. The summed E-state index contributed by atoms with van der Waals surface area (Å²) in [6.07, 6.45) is 0.977. The lowest BCUT2D eigenvalue weighted by molar-refractivity contribution is -0.00880. The van der Waals surface area contributed by atoms with Crippen LogP contribution in [0.4, 0.5) is 0 Å². The third kappa shape index (κ3) is 2.89. The summed E-state index contributed by atoms with van der Waals surface area (Å²) in [7, 11) is 0. The lowest BCUT2D eigenvalue weighted by Gasteiger charge is -2.51. The minimum Gasteiger partial charge on any atom is -0.295 e. The topological polar surface area (TPSA) is 52.0 Å². The smallest absolute Gasteiger partial charge is 0.0532 e. The molecule has 1 fully saturated rings. The molecule has 1 aliphatic rings. The van der Waals surface area contributed by atoms with Crippen molar-refractivity contribution in [3.8, 4) is 0 Å². The normalized spacial score (nSPS) is 30.9. The molecular weight excluding hydrogens is 200 g/mol. The first-order chi connectivity index (χ1) is 7.17. The Morgan fingerprint density at radius 3 is 2.38 bits per heavy atom. The molecule has 0 amide bonds. The van der Waals surface area contributed by atoms with Gasteiger partial charge in [-0.3, -0.25) is 4.90 Å². The Kier molecular flexibility index (Phi) is 3.56. The van der Waals surface area contributed by atoms with Crippen molar-refractivity contribution in [1.29, 1.82) is 0 Å². The molecule has 0 aromatic rings. The molecule has 0 spiro atoms. The van der Waals surface area contributed by atoms with Crippen LogP contribution in [0.2, 0.25) is 0 Å². The molecule has 0 aromatic heterocycles. The first-order valence-electron chi connectivity index (χ1n) is 5.98. The number of nitrogens with zero attached hydrogens (tertiary/aromatic N) is 4. The van der Waals surface area contributed by atoms with Crippen LogP contribution >= 0.6 is 0 Å². The van der Waals surface area contributed by atoms with Gasteiger partial charge in [0.1, 0.15) is 0 Å². The van der Waals surface area contributed by atoms with Crippen LogP contribution in [-0.2, 0) is 0 Å². The van der Waals surface area contributed by atoms with Crippen LogP contribution in [0.5, 0.6) is 0 Å². The molecule has 0 bridgehead atoms. The lowest BCUT2D eigenvalue weighted by atomic mass is 9.77. The second-order valence-corrected chi connectivity index (χ2v) is 6.68. The van der Waals surface area contributed by atoms with Gasteiger partial charge in [0, 0.05) is 23.0 Å². The Morgan fingerprint density at radius 2 is 1.94 bits per heavy atom. The van der Waals surface area contributed by atoms with Crippen molar-refractivity contribution in [1.82, 2.24) is 4.90 Å². The standard InChI is InChI=1S/C12H24N4/c1-9-10(14-15-13)7-12(5,6)8-16(9)11(2,3)4/h9-10H,7-8H2,1-6H3/t9-,10+/m0/s1. The van der Waals surface area contributed by atoms with E-state index >= 15 is 0 Å². The van der Waals surface area contributed by atoms with E-state index in [0.29, 0.717) is 6.04 Å². The summed E-state index contributed by atoms with van der Waals surface area (Å²) in [5.74, 6) is 0. The molecule has 1 heterocycles. The molecule has 1 rings (SSSR count). The largest absolute Gasteiger partial charge is 0.295 e. The van der Waals surface area contributed by atoms with E-state index in [1.54, 1.807) is 0 Å². The fourth-order valence-electron chi connectivity index (χ4n) is 2.67. The lowest BCUT2D eigenvalue weighted by Crippen LogP contribution is -2.58. The van der Waals surface area contributed by atoms with Gasteiger partial charge in [0.25, 0.3) is 0 Å². The van der Waals surface area contributed by atoms with E-state index in [2.05, 4.69) is 56.5 Å². The van der Waals surface area contributed by atoms with Crippen LogP contribution in [0.15, 0.2) is 5.11 Å². The third-order valence-corrected chi connectivity index (χ3v) is 3.47. The van der Waals surface area contributed by atoms with Gasteiger partial charge >= 0.3 is 0 Å². The van der Waals surface area contributed by atoms with E-state index in [1.165, 1.54) is 0 Å². The van der Waals surface area contributed by atoms with Gasteiger partial charge in [-0.15, -0.1) is 0 Å². The van der Waals surface area contributed by atoms with Gasteiger partial charge in [-0.1, -0.05) is 19.0 Å². The fourth-order valence-corrected chi connectivity index (χ4v) is 2.67. The zero-order valence-corrected chi connectivity index (χ0v) is 11.4. The quantitative estimate of drug-likeness (QED) is 0.381. The molecule has 2 atom stereocenters. The van der Waals surface area contributed by atoms with Gasteiger partial charge in [-0.2, -0.15) is 0 Å². The fraction of sp³-hybridized carbons (Fsp3) is 1.00. The first-order valence-corrected chi connectivity index (χ1v) is 5.98. The van der Waals surface area contributed by atoms with Crippen molar-refractivity contribution in [3.05, 3.63) is 10.4 Å². The van der Waals surface area contributed by atoms with Gasteiger partial charge in [-0.05, 0) is 45.1 Å². The number of likely N-dealkylation sites (tertiary alicyclic amines) is 1. The Balaban J connectivity index is 2.98. The SMILES string of the molecule is C[C@H]1[C@H](N=[N+]=[N-])CC(C)(C)CN1C(C)(C)C. The highest BCUT2D eigenvalue weighted by Gasteiger charge is 2.41. The minimum atomic E-state index is 0.0907. The number of hydrogen-bond donors (Lipinski definition) is 0. The van der Waals surface area contributed by atoms with Gasteiger partial charge in [0.15, 0.2) is 0 Å². The predicted octanol–water partition coefficient (Wildman–Crippen LogP) is 3.58. The summed E-state index contributed by atoms with van der Waals surface area (Å²) in [6, 6.07) is 0.414. The highest BCUT2D eigenvalue weighted by atomic mass is 15.3. The number of azide groups is 1. The van der Waals surface area contributed by atoms with Crippen LogP contribution < -0.4 is 0 Å². The molecular formula is C12H24N4. The molecule has 0 aliphatic carbocycles. The van der Waals surface area contributed by atoms with Gasteiger partial charge in [0.05, 0.1) is 6.04 Å². The summed E-state index contributed by atoms with van der Waals surface area (Å²) < 4.78 is 0. The summed E-state index contributed by atoms with van der Waals surface area (Å²) in [4.78, 5) is 5.44. The molecule has 4 nitrogen and oxygen atoms in total. The predicted molar refractivity (Wildman–Crippen MR) is 67.3 cm³/mol.